The highest BCUT2D eigenvalue weighted by Gasteiger charge is 2.37. The summed E-state index contributed by atoms with van der Waals surface area (Å²) in [6.45, 7) is 13.9. The lowest BCUT2D eigenvalue weighted by molar-refractivity contribution is 0.179. The Morgan fingerprint density at radius 3 is 2.15 bits per heavy atom. The summed E-state index contributed by atoms with van der Waals surface area (Å²) in [7, 11) is 0. The minimum absolute atomic E-state index is 0.141. The lowest BCUT2D eigenvalue weighted by Gasteiger charge is -2.42. The normalized spacial score (nSPS) is 18.2. The second-order valence-corrected chi connectivity index (χ2v) is 9.58. The van der Waals surface area contributed by atoms with Crippen molar-refractivity contribution in [1.29, 1.82) is 0 Å². The minimum atomic E-state index is -0.245. The smallest absolute Gasteiger partial charge is 0.0705 e. The summed E-state index contributed by atoms with van der Waals surface area (Å²) in [6.07, 6.45) is 4.22. The average Bonchev–Trinajstić information content (AvgIpc) is 2.67. The van der Waals surface area contributed by atoms with E-state index in [1.807, 2.05) is 0 Å². The molecular weight excluding hydrogens is 330 g/mol. The number of nitrogens with zero attached hydrogens (tertiary/aromatic N) is 1. The second kappa shape index (κ2) is 7.05. The van der Waals surface area contributed by atoms with E-state index in [0.717, 1.165) is 24.2 Å². The molecule has 3 rings (SSSR count). The van der Waals surface area contributed by atoms with Gasteiger partial charge < -0.3 is 5.11 Å². The number of aliphatic hydroxyl groups is 1. The highest BCUT2D eigenvalue weighted by atomic mass is 16.3. The highest BCUT2D eigenvalue weighted by Crippen LogP contribution is 2.46. The number of rotatable bonds is 5. The van der Waals surface area contributed by atoms with E-state index in [1.165, 1.54) is 29.5 Å². The maximum atomic E-state index is 10.0. The van der Waals surface area contributed by atoms with Crippen molar-refractivity contribution in [3.8, 4) is 11.3 Å². The second-order valence-electron chi connectivity index (χ2n) is 9.58. The number of aliphatic hydroxyl groups excluding tert-OH is 1. The molecule has 27 heavy (non-hydrogen) atoms. The van der Waals surface area contributed by atoms with E-state index in [9.17, 15) is 5.11 Å². The van der Waals surface area contributed by atoms with Gasteiger partial charge >= 0.3 is 0 Å². The fourth-order valence-electron chi connectivity index (χ4n) is 4.56. The number of fused-ring (bicyclic) bond motifs is 1. The summed E-state index contributed by atoms with van der Waals surface area (Å²) < 4.78 is 0. The van der Waals surface area contributed by atoms with Crippen LogP contribution >= 0.6 is 0 Å². The Hall–Kier alpha value is -1.67. The Morgan fingerprint density at radius 1 is 0.926 bits per heavy atom. The van der Waals surface area contributed by atoms with Gasteiger partial charge in [-0.15, -0.1) is 0 Å². The van der Waals surface area contributed by atoms with Crippen LogP contribution in [0.25, 0.3) is 11.3 Å². The first kappa shape index (κ1) is 20.1. The molecule has 0 bridgehead atoms. The van der Waals surface area contributed by atoms with Crippen LogP contribution in [0.3, 0.4) is 0 Å². The molecule has 1 aliphatic rings. The van der Waals surface area contributed by atoms with E-state index in [1.54, 1.807) is 0 Å². The van der Waals surface area contributed by atoms with E-state index in [-0.39, 0.29) is 22.9 Å². The summed E-state index contributed by atoms with van der Waals surface area (Å²) in [6, 6.07) is 13.2. The van der Waals surface area contributed by atoms with Gasteiger partial charge in [-0.05, 0) is 65.8 Å². The van der Waals surface area contributed by atoms with Crippen molar-refractivity contribution in [3.05, 3.63) is 53.2 Å². The van der Waals surface area contributed by atoms with Crippen molar-refractivity contribution < 1.29 is 5.11 Å². The van der Waals surface area contributed by atoms with Gasteiger partial charge in [0.05, 0.1) is 12.3 Å². The Bertz CT molecular complexity index is 807. The molecule has 0 saturated heterocycles. The zero-order chi connectivity index (χ0) is 19.9. The molecule has 1 heterocycles. The molecule has 0 atom stereocenters. The van der Waals surface area contributed by atoms with Crippen LogP contribution in [0, 0.1) is 0 Å². The Kier molecular flexibility index (Phi) is 5.24. The summed E-state index contributed by atoms with van der Waals surface area (Å²) >= 11 is 0. The predicted octanol–water partition coefficient (Wildman–Crippen LogP) is 6.15. The third-order valence-electron chi connectivity index (χ3n) is 7.10. The van der Waals surface area contributed by atoms with Crippen LogP contribution in [-0.2, 0) is 16.2 Å². The van der Waals surface area contributed by atoms with Gasteiger partial charge in [0, 0.05) is 16.7 Å². The van der Waals surface area contributed by atoms with Gasteiger partial charge in [-0.25, -0.2) is 0 Å². The summed E-state index contributed by atoms with van der Waals surface area (Å²) in [4.78, 5) is 5.00. The van der Waals surface area contributed by atoms with Crippen molar-refractivity contribution in [2.75, 3.05) is 6.61 Å². The first-order chi connectivity index (χ1) is 12.7. The van der Waals surface area contributed by atoms with E-state index >= 15 is 0 Å². The fraction of sp³-hybridized carbons (Fsp3) is 0.560. The number of hydrogen-bond acceptors (Lipinski definition) is 2. The Morgan fingerprint density at radius 2 is 1.56 bits per heavy atom. The molecule has 0 saturated carbocycles. The van der Waals surface area contributed by atoms with Gasteiger partial charge in [-0.1, -0.05) is 59.7 Å². The van der Waals surface area contributed by atoms with Crippen molar-refractivity contribution in [2.45, 2.75) is 83.5 Å². The molecule has 0 amide bonds. The van der Waals surface area contributed by atoms with Crippen LogP contribution in [0.4, 0.5) is 0 Å². The lowest BCUT2D eigenvalue weighted by Crippen LogP contribution is -2.33. The Labute approximate surface area is 165 Å². The molecule has 0 aliphatic heterocycles. The van der Waals surface area contributed by atoms with Crippen LogP contribution in [0.2, 0.25) is 0 Å². The Balaban J connectivity index is 2.10. The average molecular weight is 366 g/mol. The van der Waals surface area contributed by atoms with Gasteiger partial charge in [-0.2, -0.15) is 0 Å². The van der Waals surface area contributed by atoms with Gasteiger partial charge in [-0.3, -0.25) is 4.98 Å². The molecule has 2 heteroatoms. The minimum Gasteiger partial charge on any atom is -0.395 e. The molecule has 1 aliphatic carbocycles. The molecule has 2 aromatic rings. The number of pyridine rings is 1. The monoisotopic (exact) mass is 365 g/mol. The SMILES string of the molecule is CCC(CC)(CO)c1cccc(-c2ccc3c(c2)C(C)(C)CCC3(C)C)n1. The van der Waals surface area contributed by atoms with Crippen LogP contribution in [0.5, 0.6) is 0 Å². The highest BCUT2D eigenvalue weighted by molar-refractivity contribution is 5.63. The molecule has 146 valence electrons. The van der Waals surface area contributed by atoms with Gasteiger partial charge in [0.25, 0.3) is 0 Å². The third kappa shape index (κ3) is 3.45. The maximum Gasteiger partial charge on any atom is 0.0705 e. The van der Waals surface area contributed by atoms with Gasteiger partial charge in [0.15, 0.2) is 0 Å². The molecule has 1 aromatic heterocycles. The molecule has 0 unspecified atom stereocenters. The fourth-order valence-corrected chi connectivity index (χ4v) is 4.56. The molecular formula is C25H35NO. The first-order valence-corrected chi connectivity index (χ1v) is 10.4. The number of benzene rings is 1. The van der Waals surface area contributed by atoms with E-state index in [0.29, 0.717) is 0 Å². The van der Waals surface area contributed by atoms with Gasteiger partial charge in [0.2, 0.25) is 0 Å². The standard InChI is InChI=1S/C25H35NO/c1-7-25(8-2,17-27)22-11-9-10-21(26-22)18-12-13-19-20(16-18)24(5,6)15-14-23(19,3)4/h9-13,16,27H,7-8,14-15,17H2,1-6H3. The van der Waals surface area contributed by atoms with E-state index in [4.69, 9.17) is 4.98 Å². The van der Waals surface area contributed by atoms with E-state index < -0.39 is 0 Å². The van der Waals surface area contributed by atoms with Crippen LogP contribution in [-0.4, -0.2) is 16.7 Å². The van der Waals surface area contributed by atoms with Crippen molar-refractivity contribution in [1.82, 2.24) is 4.98 Å². The molecule has 1 aromatic carbocycles. The van der Waals surface area contributed by atoms with Crippen LogP contribution < -0.4 is 0 Å². The molecule has 2 nitrogen and oxygen atoms in total. The zero-order valence-electron chi connectivity index (χ0n) is 17.9. The van der Waals surface area contributed by atoms with Crippen molar-refractivity contribution >= 4 is 0 Å². The third-order valence-corrected chi connectivity index (χ3v) is 7.10. The molecule has 0 fully saturated rings. The number of aromatic nitrogens is 1. The summed E-state index contributed by atoms with van der Waals surface area (Å²) in [5, 5.41) is 10.0. The first-order valence-electron chi connectivity index (χ1n) is 10.4. The number of hydrogen-bond donors (Lipinski definition) is 1. The van der Waals surface area contributed by atoms with Crippen LogP contribution in [0.15, 0.2) is 36.4 Å². The molecule has 0 spiro atoms. The van der Waals surface area contributed by atoms with Gasteiger partial charge in [0.1, 0.15) is 0 Å². The zero-order valence-corrected chi connectivity index (χ0v) is 17.9. The maximum absolute atomic E-state index is 10.0. The quantitative estimate of drug-likeness (QED) is 0.689. The molecule has 0 radical (unpaired) electrons. The van der Waals surface area contributed by atoms with Crippen molar-refractivity contribution in [2.24, 2.45) is 0 Å². The lowest BCUT2D eigenvalue weighted by atomic mass is 9.63. The van der Waals surface area contributed by atoms with Crippen molar-refractivity contribution in [3.63, 3.8) is 0 Å². The largest absolute Gasteiger partial charge is 0.395 e. The predicted molar refractivity (Wildman–Crippen MR) is 114 cm³/mol. The topological polar surface area (TPSA) is 33.1 Å². The summed E-state index contributed by atoms with van der Waals surface area (Å²) in [5.41, 5.74) is 6.31. The van der Waals surface area contributed by atoms with E-state index in [2.05, 4.69) is 77.9 Å². The summed E-state index contributed by atoms with van der Waals surface area (Å²) in [5.74, 6) is 0. The molecule has 1 N–H and O–H groups in total. The van der Waals surface area contributed by atoms with Crippen LogP contribution in [0.1, 0.15) is 84.0 Å².